The van der Waals surface area contributed by atoms with Gasteiger partial charge in [-0.2, -0.15) is 0 Å². The van der Waals surface area contributed by atoms with Crippen molar-refractivity contribution in [3.63, 3.8) is 0 Å². The van der Waals surface area contributed by atoms with Crippen molar-refractivity contribution in [2.45, 2.75) is 0 Å². The van der Waals surface area contributed by atoms with Gasteiger partial charge in [-0.05, 0) is 12.1 Å². The Morgan fingerprint density at radius 1 is 0.778 bits per heavy atom. The Bertz CT molecular complexity index is 478. The molecule has 0 atom stereocenters. The predicted octanol–water partition coefficient (Wildman–Crippen LogP) is -2.94. The lowest BCUT2D eigenvalue weighted by Gasteiger charge is -2.12. The van der Waals surface area contributed by atoms with Crippen LogP contribution < -0.4 is 20.8 Å². The normalized spacial score (nSPS) is 9.33. The molecular formula is C10H6N2O6-2. The van der Waals surface area contributed by atoms with Crippen LogP contribution in [-0.2, 0) is 19.2 Å². The Morgan fingerprint density at radius 2 is 1.11 bits per heavy atom. The first-order chi connectivity index (χ1) is 8.41. The summed E-state index contributed by atoms with van der Waals surface area (Å²) in [6, 6.07) is 5.43. The molecular weight excluding hydrogens is 244 g/mol. The monoisotopic (exact) mass is 250 g/mol. The maximum atomic E-state index is 10.9. The average molecular weight is 250 g/mol. The Kier molecular flexibility index (Phi) is 3.98. The molecule has 0 saturated heterocycles. The summed E-state index contributed by atoms with van der Waals surface area (Å²) in [7, 11) is 0. The summed E-state index contributed by atoms with van der Waals surface area (Å²) in [5.41, 5.74) is -0.164. The number of carboxylic acids is 2. The minimum Gasteiger partial charge on any atom is -0.540 e. The van der Waals surface area contributed by atoms with Gasteiger partial charge < -0.3 is 30.4 Å². The van der Waals surface area contributed by atoms with Gasteiger partial charge in [0.2, 0.25) is 0 Å². The van der Waals surface area contributed by atoms with Crippen molar-refractivity contribution in [1.82, 2.24) is 0 Å². The lowest BCUT2D eigenvalue weighted by molar-refractivity contribution is -0.300. The van der Waals surface area contributed by atoms with Crippen molar-refractivity contribution >= 4 is 35.1 Å². The number of para-hydroxylation sites is 2. The number of carbonyl (C=O) groups is 4. The summed E-state index contributed by atoms with van der Waals surface area (Å²) in [5, 5.41) is 24.3. The molecule has 0 aromatic heterocycles. The van der Waals surface area contributed by atoms with Crippen LogP contribution in [0.2, 0.25) is 0 Å². The zero-order valence-electron chi connectivity index (χ0n) is 8.76. The van der Waals surface area contributed by atoms with Crippen molar-refractivity contribution in [1.29, 1.82) is 0 Å². The van der Waals surface area contributed by atoms with E-state index >= 15 is 0 Å². The first-order valence-corrected chi connectivity index (χ1v) is 4.55. The van der Waals surface area contributed by atoms with Gasteiger partial charge in [0.15, 0.2) is 0 Å². The number of aliphatic carboxylic acids is 2. The van der Waals surface area contributed by atoms with Gasteiger partial charge in [0.25, 0.3) is 11.8 Å². The van der Waals surface area contributed by atoms with Crippen molar-refractivity contribution < 1.29 is 29.4 Å². The van der Waals surface area contributed by atoms with Gasteiger partial charge in [-0.25, -0.2) is 0 Å². The summed E-state index contributed by atoms with van der Waals surface area (Å²) in [6.07, 6.45) is 0. The summed E-state index contributed by atoms with van der Waals surface area (Å²) >= 11 is 0. The third-order valence-electron chi connectivity index (χ3n) is 1.79. The van der Waals surface area contributed by atoms with Gasteiger partial charge in [-0.3, -0.25) is 9.59 Å². The van der Waals surface area contributed by atoms with E-state index in [9.17, 15) is 29.4 Å². The molecule has 0 aliphatic rings. The van der Waals surface area contributed by atoms with Crippen LogP contribution in [0.25, 0.3) is 0 Å². The van der Waals surface area contributed by atoms with Gasteiger partial charge in [-0.15, -0.1) is 0 Å². The highest BCUT2D eigenvalue weighted by molar-refractivity contribution is 6.37. The Labute approximate surface area is 100 Å². The topological polar surface area (TPSA) is 138 Å². The zero-order chi connectivity index (χ0) is 13.7. The van der Waals surface area contributed by atoms with Crippen LogP contribution in [-0.4, -0.2) is 23.8 Å². The molecule has 1 aromatic rings. The van der Waals surface area contributed by atoms with Gasteiger partial charge >= 0.3 is 0 Å². The van der Waals surface area contributed by atoms with Crippen molar-refractivity contribution in [3.05, 3.63) is 24.3 Å². The maximum absolute atomic E-state index is 10.9. The van der Waals surface area contributed by atoms with Crippen LogP contribution in [0, 0.1) is 0 Å². The third-order valence-corrected chi connectivity index (χ3v) is 1.79. The SMILES string of the molecule is O=C([O-])C(=O)Nc1ccccc1NC(=O)C(=O)[O-]. The van der Waals surface area contributed by atoms with E-state index < -0.39 is 23.8 Å². The van der Waals surface area contributed by atoms with Crippen molar-refractivity contribution in [2.75, 3.05) is 10.6 Å². The molecule has 1 rings (SSSR count). The number of hydrogen-bond acceptors (Lipinski definition) is 6. The second-order valence-corrected chi connectivity index (χ2v) is 3.03. The molecule has 0 fully saturated rings. The average Bonchev–Trinajstić information content (AvgIpc) is 2.31. The number of carbonyl (C=O) groups excluding carboxylic acids is 4. The second kappa shape index (κ2) is 5.43. The fraction of sp³-hybridized carbons (Fsp3) is 0. The number of benzene rings is 1. The van der Waals surface area contributed by atoms with E-state index in [0.717, 1.165) is 0 Å². The molecule has 8 heteroatoms. The van der Waals surface area contributed by atoms with Crippen LogP contribution >= 0.6 is 0 Å². The van der Waals surface area contributed by atoms with Gasteiger partial charge in [0.1, 0.15) is 11.9 Å². The zero-order valence-corrected chi connectivity index (χ0v) is 8.76. The van der Waals surface area contributed by atoms with E-state index in [1.54, 1.807) is 0 Å². The highest BCUT2D eigenvalue weighted by Gasteiger charge is 2.10. The van der Waals surface area contributed by atoms with E-state index in [0.29, 0.717) is 0 Å². The van der Waals surface area contributed by atoms with Crippen LogP contribution in [0.1, 0.15) is 0 Å². The quantitative estimate of drug-likeness (QED) is 0.538. The Hall–Kier alpha value is -2.90. The summed E-state index contributed by atoms with van der Waals surface area (Å²) < 4.78 is 0. The molecule has 0 unspecified atom stereocenters. The Balaban J connectivity index is 2.93. The highest BCUT2D eigenvalue weighted by Crippen LogP contribution is 2.20. The minimum absolute atomic E-state index is 0.0821. The van der Waals surface area contributed by atoms with E-state index in [2.05, 4.69) is 0 Å². The van der Waals surface area contributed by atoms with E-state index in [1.807, 2.05) is 10.6 Å². The third kappa shape index (κ3) is 3.30. The maximum Gasteiger partial charge on any atom is 0.271 e. The summed E-state index contributed by atoms with van der Waals surface area (Å²) in [4.78, 5) is 42.2. The molecule has 0 heterocycles. The van der Waals surface area contributed by atoms with Crippen molar-refractivity contribution in [2.24, 2.45) is 0 Å². The molecule has 18 heavy (non-hydrogen) atoms. The number of hydrogen-bond donors (Lipinski definition) is 2. The van der Waals surface area contributed by atoms with Crippen molar-refractivity contribution in [3.8, 4) is 0 Å². The Morgan fingerprint density at radius 3 is 1.39 bits per heavy atom. The largest absolute Gasteiger partial charge is 0.540 e. The molecule has 0 radical (unpaired) electrons. The van der Waals surface area contributed by atoms with Gasteiger partial charge in [-0.1, -0.05) is 12.1 Å². The standard InChI is InChI=1S/C10H8N2O6/c13-7(9(15)16)11-5-3-1-2-4-6(5)12-8(14)10(17)18/h1-4H,(H,11,13)(H,12,14)(H,15,16)(H,17,18)/p-2. The number of carboxylic acid groups (broad SMARTS) is 2. The van der Waals surface area contributed by atoms with Gasteiger partial charge in [0, 0.05) is 0 Å². The number of nitrogens with one attached hydrogen (secondary N) is 2. The van der Waals surface area contributed by atoms with E-state index in [-0.39, 0.29) is 11.4 Å². The molecule has 0 spiro atoms. The summed E-state index contributed by atoms with van der Waals surface area (Å²) in [6.45, 7) is 0. The first-order valence-electron chi connectivity index (χ1n) is 4.55. The number of amides is 2. The number of anilines is 2. The molecule has 94 valence electrons. The first kappa shape index (κ1) is 13.2. The molecule has 1 aromatic carbocycles. The summed E-state index contributed by atoms with van der Waals surface area (Å²) in [5.74, 6) is -6.78. The molecule has 2 amide bonds. The lowest BCUT2D eigenvalue weighted by atomic mass is 10.2. The smallest absolute Gasteiger partial charge is 0.271 e. The van der Waals surface area contributed by atoms with Crippen LogP contribution in [0.5, 0.6) is 0 Å². The van der Waals surface area contributed by atoms with E-state index in [4.69, 9.17) is 0 Å². The number of rotatable bonds is 2. The fourth-order valence-electron chi connectivity index (χ4n) is 1.05. The molecule has 0 aliphatic carbocycles. The minimum atomic E-state index is -1.96. The van der Waals surface area contributed by atoms with Crippen LogP contribution in [0.3, 0.4) is 0 Å². The fourth-order valence-corrected chi connectivity index (χ4v) is 1.05. The lowest BCUT2D eigenvalue weighted by Crippen LogP contribution is -2.37. The van der Waals surface area contributed by atoms with Crippen LogP contribution in [0.15, 0.2) is 24.3 Å². The molecule has 2 N–H and O–H groups in total. The molecule has 0 aliphatic heterocycles. The highest BCUT2D eigenvalue weighted by atomic mass is 16.4. The molecule has 0 bridgehead atoms. The molecule has 0 saturated carbocycles. The van der Waals surface area contributed by atoms with Gasteiger partial charge in [0.05, 0.1) is 11.4 Å². The predicted molar refractivity (Wildman–Crippen MR) is 53.7 cm³/mol. The molecule has 8 nitrogen and oxygen atoms in total. The van der Waals surface area contributed by atoms with Crippen LogP contribution in [0.4, 0.5) is 11.4 Å². The second-order valence-electron chi connectivity index (χ2n) is 3.03. The van der Waals surface area contributed by atoms with E-state index in [1.165, 1.54) is 24.3 Å².